The van der Waals surface area contributed by atoms with E-state index in [-0.39, 0.29) is 65.8 Å². The van der Waals surface area contributed by atoms with Crippen molar-refractivity contribution in [3.63, 3.8) is 0 Å². The molecule has 30 heteroatoms. The van der Waals surface area contributed by atoms with Crippen molar-refractivity contribution in [3.05, 3.63) is 0 Å². The quantitative estimate of drug-likeness (QED) is 0.122. The lowest BCUT2D eigenvalue weighted by atomic mass is 10.0. The van der Waals surface area contributed by atoms with Gasteiger partial charge in [-0.05, 0) is 0 Å². The van der Waals surface area contributed by atoms with Crippen molar-refractivity contribution >= 4 is 0 Å². The molecule has 10 aliphatic heterocycles. The number of hydrogen-bond donors (Lipinski definition) is 25. The van der Waals surface area contributed by atoms with Gasteiger partial charge in [-0.1, -0.05) is 0 Å². The Hall–Kier alpha value is -1.20. The van der Waals surface area contributed by atoms with E-state index in [9.17, 15) is 102 Å². The average Bonchev–Trinajstić information content (AvgIpc) is 4.22. The molecular formula is C40H75N5O25. The Labute approximate surface area is 400 Å². The second-order valence-electron chi connectivity index (χ2n) is 19.9. The fourth-order valence-corrected chi connectivity index (χ4v) is 12.3. The molecule has 410 valence electrons. The van der Waals surface area contributed by atoms with Crippen LogP contribution in [-0.2, 0) is 0 Å². The molecule has 0 saturated carbocycles. The van der Waals surface area contributed by atoms with Gasteiger partial charge in [-0.15, -0.1) is 0 Å². The highest BCUT2D eigenvalue weighted by Crippen LogP contribution is 2.37. The van der Waals surface area contributed by atoms with E-state index in [1.54, 1.807) is 24.5 Å². The van der Waals surface area contributed by atoms with Crippen molar-refractivity contribution in [1.82, 2.24) is 24.5 Å². The van der Waals surface area contributed by atoms with Crippen LogP contribution in [0.5, 0.6) is 0 Å². The van der Waals surface area contributed by atoms with Crippen LogP contribution in [0.2, 0.25) is 0 Å². The first-order valence-corrected chi connectivity index (χ1v) is 23.3. The van der Waals surface area contributed by atoms with Crippen molar-refractivity contribution in [2.45, 2.75) is 182 Å². The van der Waals surface area contributed by atoms with Gasteiger partial charge in [0.1, 0.15) is 0 Å². The lowest BCUT2D eigenvalue weighted by Gasteiger charge is -2.22. The smallest absolute Gasteiger partial charge is 0.0996 e. The Morgan fingerprint density at radius 1 is 0.200 bits per heavy atom. The summed E-state index contributed by atoms with van der Waals surface area (Å²) < 4.78 is 0. The van der Waals surface area contributed by atoms with E-state index in [1.165, 1.54) is 0 Å². The van der Waals surface area contributed by atoms with E-state index in [2.05, 4.69) is 0 Å². The van der Waals surface area contributed by atoms with E-state index in [0.717, 1.165) is 0 Å². The van der Waals surface area contributed by atoms with Crippen LogP contribution >= 0.6 is 0 Å². The van der Waals surface area contributed by atoms with E-state index in [1.807, 2.05) is 0 Å². The van der Waals surface area contributed by atoms with Crippen molar-refractivity contribution < 1.29 is 128 Å². The highest BCUT2D eigenvalue weighted by atomic mass is 16.4. The molecule has 0 aromatic carbocycles. The molecule has 30 nitrogen and oxygen atoms in total. The van der Waals surface area contributed by atoms with Gasteiger partial charge in [-0.25, -0.2) is 0 Å². The molecule has 10 rings (SSSR count). The summed E-state index contributed by atoms with van der Waals surface area (Å²) in [6, 6.07) is -6.32. The number of fused-ring (bicyclic) bond motifs is 5. The summed E-state index contributed by atoms with van der Waals surface area (Å²) in [6.45, 7) is -0.628. The maximum atomic E-state index is 9.58. The van der Waals surface area contributed by atoms with Crippen LogP contribution in [0.15, 0.2) is 0 Å². The fourth-order valence-electron chi connectivity index (χ4n) is 12.3. The van der Waals surface area contributed by atoms with Crippen LogP contribution in [-0.4, -0.2) is 400 Å². The zero-order valence-electron chi connectivity index (χ0n) is 37.8. The third kappa shape index (κ3) is 10.2. The van der Waals surface area contributed by atoms with Gasteiger partial charge in [0.15, 0.2) is 0 Å². The molecule has 25 N–H and O–H groups in total. The maximum absolute atomic E-state index is 9.58. The van der Waals surface area contributed by atoms with Gasteiger partial charge in [-0.3, -0.25) is 24.5 Å². The number of nitrogens with zero attached hydrogens (tertiary/aromatic N) is 5. The lowest BCUT2D eigenvalue weighted by molar-refractivity contribution is -0.0268. The lowest BCUT2D eigenvalue weighted by Crippen LogP contribution is -2.41. The van der Waals surface area contributed by atoms with Crippen LogP contribution in [0.1, 0.15) is 0 Å². The SMILES string of the molecule is OC[C@@H]1[C@@H](O)[C@H](O)[C@H]2[C@@H](O)[C@@H](O)CN21.OC[C@@H]1[C@@H](O)[C@H](O)[C@H]2[C@@H](O)[C@H](O)CN21.OC[C@H]1[C@@H](O)[C@H](O)[C@H]2[C@@H](O)[C@@H](O)CN21.OC[C@H]1[C@@H](O)[C@H](O)[C@H]2[C@@H](O)[C@H](O)CN21.OC[C@H]1[C@@H](O)[C@H](O)[C@H]2[C@H](O)[C@@H](O)CN21. The number of rotatable bonds is 5. The van der Waals surface area contributed by atoms with E-state index >= 15 is 0 Å². The predicted octanol–water partition coefficient (Wildman–Crippen LogP) is -17.6. The molecule has 70 heavy (non-hydrogen) atoms. The average molecular weight is 1030 g/mol. The Bertz CT molecular complexity index is 1400. The van der Waals surface area contributed by atoms with Gasteiger partial charge < -0.3 is 128 Å². The highest BCUT2D eigenvalue weighted by Gasteiger charge is 2.60. The van der Waals surface area contributed by atoms with Crippen molar-refractivity contribution in [3.8, 4) is 0 Å². The largest absolute Gasteiger partial charge is 0.395 e. The summed E-state index contributed by atoms with van der Waals surface area (Å²) in [5.41, 5.74) is 0. The molecule has 0 radical (unpaired) electrons. The predicted molar refractivity (Wildman–Crippen MR) is 227 cm³/mol. The van der Waals surface area contributed by atoms with Gasteiger partial charge in [0.25, 0.3) is 0 Å². The highest BCUT2D eigenvalue weighted by molar-refractivity contribution is 5.13. The van der Waals surface area contributed by atoms with E-state index in [0.29, 0.717) is 0 Å². The maximum Gasteiger partial charge on any atom is 0.0996 e. The minimum atomic E-state index is -1.11. The van der Waals surface area contributed by atoms with Crippen molar-refractivity contribution in [2.75, 3.05) is 65.8 Å². The third-order valence-electron chi connectivity index (χ3n) is 16.2. The number of hydrogen-bond acceptors (Lipinski definition) is 30. The Kier molecular flexibility index (Phi) is 19.4. The first kappa shape index (κ1) is 58.1. The molecule has 0 amide bonds. The third-order valence-corrected chi connectivity index (χ3v) is 16.2. The monoisotopic (exact) mass is 1030 g/mol. The minimum absolute atomic E-state index is 0.172. The van der Waals surface area contributed by atoms with Crippen LogP contribution in [0.3, 0.4) is 0 Å². The Morgan fingerprint density at radius 3 is 0.443 bits per heavy atom. The van der Waals surface area contributed by atoms with Gasteiger partial charge in [-0.2, -0.15) is 0 Å². The number of aliphatic hydroxyl groups excluding tert-OH is 25. The molecule has 30 atom stereocenters. The van der Waals surface area contributed by atoms with Crippen molar-refractivity contribution in [1.29, 1.82) is 0 Å². The molecule has 0 aromatic rings. The van der Waals surface area contributed by atoms with E-state index < -0.39 is 182 Å². The fraction of sp³-hybridized carbons (Fsp3) is 1.00. The summed E-state index contributed by atoms with van der Waals surface area (Å²) >= 11 is 0. The van der Waals surface area contributed by atoms with Crippen molar-refractivity contribution in [2.24, 2.45) is 0 Å². The van der Waals surface area contributed by atoms with E-state index in [4.69, 9.17) is 25.5 Å². The second-order valence-corrected chi connectivity index (χ2v) is 19.9. The topological polar surface area (TPSA) is 522 Å². The molecule has 0 aliphatic carbocycles. The second kappa shape index (κ2) is 23.4. The standard InChI is InChI=1S/5C8H15NO5/c5*10-2-3-6(12)8(14)5-7(13)4(11)1-9(3)5/h5*3-8,10-14H,1-2H2/t3-,4+,5+,6+,7-,8+;3-,4+,5-,6-,7+,8-;3-,4-,5+,6+,7+,8+;3-,4-,5+,6+,7-,8+;3-,4-,5-,6-,7+,8-/m01001/s1. The molecule has 0 bridgehead atoms. The van der Waals surface area contributed by atoms with Crippen LogP contribution in [0, 0.1) is 0 Å². The molecule has 10 fully saturated rings. The minimum Gasteiger partial charge on any atom is -0.395 e. The van der Waals surface area contributed by atoms with Gasteiger partial charge in [0.2, 0.25) is 0 Å². The number of aliphatic hydroxyl groups is 25. The first-order valence-electron chi connectivity index (χ1n) is 23.3. The first-order chi connectivity index (χ1) is 32.9. The zero-order valence-corrected chi connectivity index (χ0v) is 37.8. The van der Waals surface area contributed by atoms with Gasteiger partial charge >= 0.3 is 0 Å². The zero-order chi connectivity index (χ0) is 52.3. The molecule has 0 aromatic heterocycles. The Morgan fingerprint density at radius 2 is 0.329 bits per heavy atom. The summed E-state index contributed by atoms with van der Waals surface area (Å²) in [6.07, 6.45) is -20.8. The van der Waals surface area contributed by atoms with Crippen LogP contribution < -0.4 is 0 Å². The molecule has 10 heterocycles. The van der Waals surface area contributed by atoms with Gasteiger partial charge in [0.05, 0.1) is 216 Å². The summed E-state index contributed by atoms with van der Waals surface area (Å²) in [4.78, 5) is 7.80. The van der Waals surface area contributed by atoms with Crippen LogP contribution in [0.25, 0.3) is 0 Å². The summed E-state index contributed by atoms with van der Waals surface area (Å²) in [7, 11) is 0. The molecule has 0 unspecified atom stereocenters. The summed E-state index contributed by atoms with van der Waals surface area (Å²) in [5.74, 6) is 0. The molecular weight excluding hydrogens is 950 g/mol. The Balaban J connectivity index is 0.000000143. The van der Waals surface area contributed by atoms with Gasteiger partial charge in [0, 0.05) is 32.7 Å². The molecule has 10 saturated heterocycles. The van der Waals surface area contributed by atoms with Crippen LogP contribution in [0.4, 0.5) is 0 Å². The summed E-state index contributed by atoms with van der Waals surface area (Å²) in [5, 5.41) is 235. The molecule has 10 aliphatic rings. The molecule has 0 spiro atoms. The normalized spacial score (nSPS) is 53.8.